The van der Waals surface area contributed by atoms with Gasteiger partial charge in [-0.3, -0.25) is 20.2 Å². The number of nitro benzene ring substituents is 2. The van der Waals surface area contributed by atoms with Gasteiger partial charge < -0.3 is 9.47 Å². The van der Waals surface area contributed by atoms with Crippen LogP contribution in [0.25, 0.3) is 33.6 Å². The molecule has 0 saturated heterocycles. The molecule has 0 aliphatic carbocycles. The molecule has 1 heterocycles. The van der Waals surface area contributed by atoms with Crippen molar-refractivity contribution >= 4 is 11.4 Å². The maximum absolute atomic E-state index is 13.3. The molecule has 5 aromatic carbocycles. The van der Waals surface area contributed by atoms with Crippen molar-refractivity contribution in [1.29, 1.82) is 0 Å². The molecule has 0 spiro atoms. The molecule has 9 nitrogen and oxygen atoms in total. The number of aromatic nitrogens is 1. The van der Waals surface area contributed by atoms with E-state index < -0.39 is 21.6 Å². The minimum atomic E-state index is -4.48. The second-order valence-corrected chi connectivity index (χ2v) is 10.5. The van der Waals surface area contributed by atoms with Gasteiger partial charge in [0.1, 0.15) is 23.0 Å². The lowest BCUT2D eigenvalue weighted by Crippen LogP contribution is -2.04. The van der Waals surface area contributed by atoms with Crippen LogP contribution in [0.2, 0.25) is 0 Å². The van der Waals surface area contributed by atoms with E-state index in [-0.39, 0.29) is 11.4 Å². The first-order valence-electron chi connectivity index (χ1n) is 14.3. The van der Waals surface area contributed by atoms with Gasteiger partial charge in [-0.25, -0.2) is 4.98 Å². The van der Waals surface area contributed by atoms with Crippen LogP contribution in [0.5, 0.6) is 23.0 Å². The summed E-state index contributed by atoms with van der Waals surface area (Å²) in [5.41, 5.74) is 2.50. The molecule has 48 heavy (non-hydrogen) atoms. The van der Waals surface area contributed by atoms with E-state index in [1.165, 1.54) is 60.7 Å². The maximum Gasteiger partial charge on any atom is 0.416 e. The zero-order valence-electron chi connectivity index (χ0n) is 24.6. The van der Waals surface area contributed by atoms with Crippen molar-refractivity contribution in [1.82, 2.24) is 4.98 Å². The van der Waals surface area contributed by atoms with E-state index in [2.05, 4.69) is 0 Å². The van der Waals surface area contributed by atoms with E-state index in [1.807, 2.05) is 0 Å². The normalized spacial score (nSPS) is 11.1. The Labute approximate surface area is 270 Å². The van der Waals surface area contributed by atoms with Gasteiger partial charge in [0.15, 0.2) is 0 Å². The van der Waals surface area contributed by atoms with Crippen LogP contribution < -0.4 is 9.47 Å². The minimum absolute atomic E-state index is 0.0740. The van der Waals surface area contributed by atoms with Gasteiger partial charge in [0.25, 0.3) is 11.4 Å². The molecule has 0 aliphatic rings. The molecule has 0 N–H and O–H groups in total. The van der Waals surface area contributed by atoms with Gasteiger partial charge in [0.2, 0.25) is 0 Å². The van der Waals surface area contributed by atoms with Gasteiger partial charge in [-0.2, -0.15) is 13.2 Å². The Morgan fingerprint density at radius 2 is 0.938 bits per heavy atom. The predicted octanol–water partition coefficient (Wildman–Crippen LogP) is 10.5. The van der Waals surface area contributed by atoms with Gasteiger partial charge in [0, 0.05) is 35.4 Å². The van der Waals surface area contributed by atoms with Crippen LogP contribution in [-0.2, 0) is 6.18 Å². The summed E-state index contributed by atoms with van der Waals surface area (Å²) in [5, 5.41) is 22.0. The number of pyridine rings is 1. The van der Waals surface area contributed by atoms with Crippen molar-refractivity contribution in [3.05, 3.63) is 159 Å². The average molecular weight is 650 g/mol. The number of hydrogen-bond acceptors (Lipinski definition) is 7. The number of nitro groups is 2. The van der Waals surface area contributed by atoms with Crippen molar-refractivity contribution in [3.63, 3.8) is 0 Å². The van der Waals surface area contributed by atoms with Crippen LogP contribution >= 0.6 is 0 Å². The largest absolute Gasteiger partial charge is 0.457 e. The summed E-state index contributed by atoms with van der Waals surface area (Å²) >= 11 is 0. The summed E-state index contributed by atoms with van der Waals surface area (Å²) in [6.45, 7) is 0. The van der Waals surface area contributed by atoms with Crippen LogP contribution in [0.3, 0.4) is 0 Å². The van der Waals surface area contributed by atoms with Gasteiger partial charge >= 0.3 is 6.18 Å². The Bertz CT molecular complexity index is 2000. The maximum atomic E-state index is 13.3. The number of rotatable bonds is 9. The summed E-state index contributed by atoms with van der Waals surface area (Å²) in [7, 11) is 0. The smallest absolute Gasteiger partial charge is 0.416 e. The third kappa shape index (κ3) is 7.29. The first-order chi connectivity index (χ1) is 23.0. The molecule has 1 aromatic heterocycles. The highest BCUT2D eigenvalue weighted by Gasteiger charge is 2.30. The zero-order valence-corrected chi connectivity index (χ0v) is 24.6. The number of nitrogens with zero attached hydrogens (tertiary/aromatic N) is 3. The Kier molecular flexibility index (Phi) is 8.54. The van der Waals surface area contributed by atoms with Crippen LogP contribution in [0, 0.1) is 20.2 Å². The fourth-order valence-electron chi connectivity index (χ4n) is 4.83. The number of benzene rings is 5. The first kappa shape index (κ1) is 31.4. The van der Waals surface area contributed by atoms with E-state index >= 15 is 0 Å². The Morgan fingerprint density at radius 3 is 1.33 bits per heavy atom. The van der Waals surface area contributed by atoms with Gasteiger partial charge in [-0.1, -0.05) is 36.4 Å². The highest BCUT2D eigenvalue weighted by atomic mass is 19.4. The van der Waals surface area contributed by atoms with Crippen molar-refractivity contribution < 1.29 is 32.5 Å². The summed E-state index contributed by atoms with van der Waals surface area (Å²) in [6.07, 6.45) is -4.48. The second-order valence-electron chi connectivity index (χ2n) is 10.5. The SMILES string of the molecule is O=[N+]([O-])c1ccc(Oc2cccc(-c3cc(-c4ccc(C(F)(F)F)cc4)cc(-c4cccc(Oc5ccc([N+](=O)[O-])cc5)c4)n3)c2)cc1. The van der Waals surface area contributed by atoms with Crippen LogP contribution in [0.4, 0.5) is 24.5 Å². The third-order valence-electron chi connectivity index (χ3n) is 7.20. The number of alkyl halides is 3. The molecule has 6 rings (SSSR count). The second kappa shape index (κ2) is 13.0. The standard InChI is InChI=1S/C36H22F3N3O6/c37-36(38,39)27-9-7-23(8-10-27)26-21-34(24-3-1-5-32(19-24)47-30-15-11-28(12-16-30)41(43)44)40-35(22-26)25-4-2-6-33(20-25)48-31-17-13-29(14-18-31)42(45)46/h1-22H. The van der Waals surface area contributed by atoms with E-state index in [9.17, 15) is 33.4 Å². The van der Waals surface area contributed by atoms with Crippen molar-refractivity contribution in [2.24, 2.45) is 0 Å². The topological polar surface area (TPSA) is 118 Å². The van der Waals surface area contributed by atoms with Crippen LogP contribution in [0.15, 0.2) is 133 Å². The number of hydrogen-bond donors (Lipinski definition) is 0. The molecule has 0 fully saturated rings. The number of non-ortho nitro benzene ring substituents is 2. The van der Waals surface area contributed by atoms with E-state index in [0.717, 1.165) is 12.1 Å². The summed E-state index contributed by atoms with van der Waals surface area (Å²) in [6, 6.07) is 33.6. The number of ether oxygens (including phenoxy) is 2. The van der Waals surface area contributed by atoms with E-state index in [4.69, 9.17) is 14.5 Å². The quantitative estimate of drug-likeness (QED) is 0.113. The lowest BCUT2D eigenvalue weighted by Gasteiger charge is -2.13. The number of halogens is 3. The molecule has 0 bridgehead atoms. The van der Waals surface area contributed by atoms with Crippen molar-refractivity contribution in [2.45, 2.75) is 6.18 Å². The highest BCUT2D eigenvalue weighted by Crippen LogP contribution is 2.36. The Morgan fingerprint density at radius 1 is 0.500 bits per heavy atom. The molecule has 0 aliphatic heterocycles. The van der Waals surface area contributed by atoms with E-state index in [1.54, 1.807) is 60.7 Å². The molecule has 0 saturated carbocycles. The molecule has 12 heteroatoms. The molecule has 0 atom stereocenters. The summed E-state index contributed by atoms with van der Waals surface area (Å²) in [4.78, 5) is 25.9. The molecule has 6 aromatic rings. The fraction of sp³-hybridized carbons (Fsp3) is 0.0278. The van der Waals surface area contributed by atoms with Crippen LogP contribution in [0.1, 0.15) is 5.56 Å². The Balaban J connectivity index is 1.37. The lowest BCUT2D eigenvalue weighted by atomic mass is 9.99. The van der Waals surface area contributed by atoms with Gasteiger partial charge in [0.05, 0.1) is 26.8 Å². The van der Waals surface area contributed by atoms with Gasteiger partial charge in [-0.15, -0.1) is 0 Å². The molecular formula is C36H22F3N3O6. The lowest BCUT2D eigenvalue weighted by molar-refractivity contribution is -0.385. The molecular weight excluding hydrogens is 627 g/mol. The van der Waals surface area contributed by atoms with Crippen molar-refractivity contribution in [2.75, 3.05) is 0 Å². The van der Waals surface area contributed by atoms with Crippen molar-refractivity contribution in [3.8, 4) is 56.6 Å². The zero-order chi connectivity index (χ0) is 33.8. The monoisotopic (exact) mass is 649 g/mol. The molecule has 0 unspecified atom stereocenters. The molecule has 238 valence electrons. The molecule has 0 amide bonds. The first-order valence-corrected chi connectivity index (χ1v) is 14.3. The van der Waals surface area contributed by atoms with E-state index in [0.29, 0.717) is 56.6 Å². The molecule has 0 radical (unpaired) electrons. The highest BCUT2D eigenvalue weighted by molar-refractivity contribution is 5.77. The predicted molar refractivity (Wildman–Crippen MR) is 172 cm³/mol. The summed E-state index contributed by atoms with van der Waals surface area (Å²) < 4.78 is 51.8. The minimum Gasteiger partial charge on any atom is -0.457 e. The van der Waals surface area contributed by atoms with Gasteiger partial charge in [-0.05, 0) is 83.9 Å². The average Bonchev–Trinajstić information content (AvgIpc) is 3.08. The fourth-order valence-corrected chi connectivity index (χ4v) is 4.83. The third-order valence-corrected chi connectivity index (χ3v) is 7.20. The Hall–Kier alpha value is -6.56. The van der Waals surface area contributed by atoms with Crippen LogP contribution in [-0.4, -0.2) is 14.8 Å². The summed E-state index contributed by atoms with van der Waals surface area (Å²) in [5.74, 6) is 1.63.